The van der Waals surface area contributed by atoms with Crippen molar-refractivity contribution >= 4 is 35.6 Å². The molecule has 122 valence electrons. The second-order valence-electron chi connectivity index (χ2n) is 5.57. The van der Waals surface area contributed by atoms with Gasteiger partial charge in [0.25, 0.3) is 0 Å². The first-order valence-electron chi connectivity index (χ1n) is 7.18. The predicted octanol–water partition coefficient (Wildman–Crippen LogP) is 2.95. The lowest BCUT2D eigenvalue weighted by molar-refractivity contribution is 0.421. The van der Waals surface area contributed by atoms with E-state index in [0.29, 0.717) is 10.0 Å². The van der Waals surface area contributed by atoms with E-state index in [1.807, 2.05) is 40.3 Å². The molecule has 0 radical (unpaired) electrons. The Hall–Kier alpha value is -0.940. The molecule has 0 fully saturated rings. The van der Waals surface area contributed by atoms with Gasteiger partial charge in [0, 0.05) is 36.6 Å². The van der Waals surface area contributed by atoms with Gasteiger partial charge in [-0.15, -0.1) is 0 Å². The maximum atomic E-state index is 6.28. The largest absolute Gasteiger partial charge is 0.308 e. The zero-order valence-corrected chi connectivity index (χ0v) is 15.2. The molecule has 0 aromatic heterocycles. The first kappa shape index (κ1) is 19.1. The van der Waals surface area contributed by atoms with Crippen LogP contribution in [-0.4, -0.2) is 76.6 Å². The molecule has 4 nitrogen and oxygen atoms in total. The average Bonchev–Trinajstić information content (AvgIpc) is 2.43. The third-order valence-corrected chi connectivity index (χ3v) is 3.58. The van der Waals surface area contributed by atoms with Crippen molar-refractivity contribution in [3.8, 4) is 0 Å². The highest BCUT2D eigenvalue weighted by Crippen LogP contribution is 2.23. The molecule has 0 spiro atoms. The molecule has 0 aliphatic heterocycles. The molecule has 1 aromatic rings. The van der Waals surface area contributed by atoms with E-state index >= 15 is 0 Å². The van der Waals surface area contributed by atoms with E-state index in [4.69, 9.17) is 23.2 Å². The van der Waals surface area contributed by atoms with Gasteiger partial charge in [-0.3, -0.25) is 9.98 Å². The smallest absolute Gasteiger partial charge is 0.0516 e. The molecule has 0 saturated heterocycles. The van der Waals surface area contributed by atoms with Gasteiger partial charge in [0.05, 0.1) is 23.1 Å². The van der Waals surface area contributed by atoms with Crippen LogP contribution in [0.1, 0.15) is 11.1 Å². The summed E-state index contributed by atoms with van der Waals surface area (Å²) < 4.78 is 0. The van der Waals surface area contributed by atoms with Crippen molar-refractivity contribution in [1.29, 1.82) is 0 Å². The van der Waals surface area contributed by atoms with Crippen molar-refractivity contribution in [2.75, 3.05) is 54.4 Å². The fourth-order valence-corrected chi connectivity index (χ4v) is 2.06. The number of benzene rings is 1. The van der Waals surface area contributed by atoms with Gasteiger partial charge < -0.3 is 9.80 Å². The number of hydrogen-bond acceptors (Lipinski definition) is 4. The van der Waals surface area contributed by atoms with Gasteiger partial charge in [0.2, 0.25) is 0 Å². The SMILES string of the molecule is CN(C)CCN=Cc1cc(Cl)c(C=NCCN(C)C)cc1Cl. The normalized spacial score (nSPS) is 12.4. The van der Waals surface area contributed by atoms with Crippen molar-refractivity contribution in [3.63, 3.8) is 0 Å². The number of halogens is 2. The summed E-state index contributed by atoms with van der Waals surface area (Å²) in [5.74, 6) is 0. The van der Waals surface area contributed by atoms with Crippen molar-refractivity contribution < 1.29 is 0 Å². The first-order valence-corrected chi connectivity index (χ1v) is 7.94. The maximum absolute atomic E-state index is 6.28. The van der Waals surface area contributed by atoms with E-state index in [-0.39, 0.29) is 0 Å². The summed E-state index contributed by atoms with van der Waals surface area (Å²) in [6, 6.07) is 3.66. The second kappa shape index (κ2) is 9.95. The lowest BCUT2D eigenvalue weighted by Crippen LogP contribution is -2.15. The first-order chi connectivity index (χ1) is 10.4. The summed E-state index contributed by atoms with van der Waals surface area (Å²) in [6.07, 6.45) is 3.54. The number of hydrogen-bond donors (Lipinski definition) is 0. The van der Waals surface area contributed by atoms with Gasteiger partial charge in [0.1, 0.15) is 0 Å². The van der Waals surface area contributed by atoms with Crippen molar-refractivity contribution in [2.45, 2.75) is 0 Å². The minimum absolute atomic E-state index is 0.632. The van der Waals surface area contributed by atoms with E-state index in [2.05, 4.69) is 19.8 Å². The van der Waals surface area contributed by atoms with Crippen LogP contribution in [-0.2, 0) is 0 Å². The number of rotatable bonds is 8. The van der Waals surface area contributed by atoms with Crippen LogP contribution in [0.3, 0.4) is 0 Å². The summed E-state index contributed by atoms with van der Waals surface area (Å²) in [6.45, 7) is 3.26. The number of likely N-dealkylation sites (N-methyl/N-ethyl adjacent to an activating group) is 2. The highest BCUT2D eigenvalue weighted by molar-refractivity contribution is 6.36. The Morgan fingerprint density at radius 1 is 0.818 bits per heavy atom. The molecule has 0 N–H and O–H groups in total. The van der Waals surface area contributed by atoms with Crippen LogP contribution in [0.5, 0.6) is 0 Å². The Labute approximate surface area is 143 Å². The van der Waals surface area contributed by atoms with E-state index < -0.39 is 0 Å². The summed E-state index contributed by atoms with van der Waals surface area (Å²) in [5.41, 5.74) is 1.66. The lowest BCUT2D eigenvalue weighted by Gasteiger charge is -2.07. The molecular formula is C16H24Cl2N4. The van der Waals surface area contributed by atoms with Gasteiger partial charge >= 0.3 is 0 Å². The molecule has 0 aliphatic rings. The number of nitrogens with zero attached hydrogens (tertiary/aromatic N) is 4. The molecule has 0 saturated carbocycles. The van der Waals surface area contributed by atoms with Crippen LogP contribution in [0.2, 0.25) is 10.0 Å². The highest BCUT2D eigenvalue weighted by atomic mass is 35.5. The molecule has 0 atom stereocenters. The molecule has 0 aliphatic carbocycles. The minimum atomic E-state index is 0.632. The maximum Gasteiger partial charge on any atom is 0.0516 e. The van der Waals surface area contributed by atoms with E-state index in [1.54, 1.807) is 12.4 Å². The molecule has 0 unspecified atom stereocenters. The quantitative estimate of drug-likeness (QED) is 0.680. The van der Waals surface area contributed by atoms with E-state index in [1.165, 1.54) is 0 Å². The fraction of sp³-hybridized carbons (Fsp3) is 0.500. The van der Waals surface area contributed by atoms with Crippen LogP contribution < -0.4 is 0 Å². The van der Waals surface area contributed by atoms with Crippen molar-refractivity contribution in [3.05, 3.63) is 33.3 Å². The van der Waals surface area contributed by atoms with Gasteiger partial charge in [-0.05, 0) is 40.3 Å². The summed E-state index contributed by atoms with van der Waals surface area (Å²) in [7, 11) is 8.07. The molecule has 1 rings (SSSR count). The molecule has 1 aromatic carbocycles. The average molecular weight is 343 g/mol. The van der Waals surface area contributed by atoms with Gasteiger partial charge in [-0.25, -0.2) is 0 Å². The fourth-order valence-electron chi connectivity index (χ4n) is 1.62. The lowest BCUT2D eigenvalue weighted by atomic mass is 10.1. The Bertz CT molecular complexity index is 477. The predicted molar refractivity (Wildman–Crippen MR) is 98.5 cm³/mol. The summed E-state index contributed by atoms with van der Waals surface area (Å²) in [4.78, 5) is 12.9. The molecule has 0 amide bonds. The molecule has 6 heteroatoms. The van der Waals surface area contributed by atoms with Crippen LogP contribution in [0.25, 0.3) is 0 Å². The van der Waals surface area contributed by atoms with Gasteiger partial charge in [-0.2, -0.15) is 0 Å². The van der Waals surface area contributed by atoms with Gasteiger partial charge in [0.15, 0.2) is 0 Å². The Morgan fingerprint density at radius 2 is 1.18 bits per heavy atom. The monoisotopic (exact) mass is 342 g/mol. The minimum Gasteiger partial charge on any atom is -0.308 e. The highest BCUT2D eigenvalue weighted by Gasteiger charge is 2.04. The molecule has 22 heavy (non-hydrogen) atoms. The van der Waals surface area contributed by atoms with E-state index in [0.717, 1.165) is 37.3 Å². The standard InChI is InChI=1S/C16H24Cl2N4/c1-21(2)7-5-19-11-13-9-16(18)14(10-15(13)17)12-20-6-8-22(3)4/h9-12H,5-8H2,1-4H3. The summed E-state index contributed by atoms with van der Waals surface area (Å²) in [5, 5.41) is 1.26. The number of aliphatic imine (C=N–C) groups is 2. The second-order valence-corrected chi connectivity index (χ2v) is 6.39. The van der Waals surface area contributed by atoms with Gasteiger partial charge in [-0.1, -0.05) is 23.2 Å². The van der Waals surface area contributed by atoms with Crippen LogP contribution in [0.15, 0.2) is 22.1 Å². The van der Waals surface area contributed by atoms with Crippen LogP contribution in [0, 0.1) is 0 Å². The zero-order chi connectivity index (χ0) is 16.5. The molecular weight excluding hydrogens is 319 g/mol. The van der Waals surface area contributed by atoms with Crippen molar-refractivity contribution in [2.24, 2.45) is 9.98 Å². The Balaban J connectivity index is 2.71. The third kappa shape index (κ3) is 7.36. The third-order valence-electron chi connectivity index (χ3n) is 2.93. The van der Waals surface area contributed by atoms with E-state index in [9.17, 15) is 0 Å². The van der Waals surface area contributed by atoms with Crippen LogP contribution in [0.4, 0.5) is 0 Å². The molecule has 0 heterocycles. The van der Waals surface area contributed by atoms with Crippen LogP contribution >= 0.6 is 23.2 Å². The van der Waals surface area contributed by atoms with Crippen molar-refractivity contribution in [1.82, 2.24) is 9.80 Å². The molecule has 0 bridgehead atoms. The Morgan fingerprint density at radius 3 is 1.50 bits per heavy atom. The zero-order valence-electron chi connectivity index (χ0n) is 13.7. The topological polar surface area (TPSA) is 31.2 Å². The summed E-state index contributed by atoms with van der Waals surface area (Å²) >= 11 is 12.6. The Kier molecular flexibility index (Phi) is 8.64.